The zero-order valence-electron chi connectivity index (χ0n) is 15.1. The van der Waals surface area contributed by atoms with Crippen molar-refractivity contribution in [1.82, 2.24) is 9.13 Å². The largest absolute Gasteiger partial charge is 0.330 e. The lowest BCUT2D eigenvalue weighted by Crippen LogP contribution is -2.20. The minimum atomic E-state index is -0.153. The molecule has 0 aliphatic rings. The quantitative estimate of drug-likeness (QED) is 0.285. The van der Waals surface area contributed by atoms with Gasteiger partial charge in [-0.15, -0.1) is 0 Å². The van der Waals surface area contributed by atoms with E-state index >= 15 is 0 Å². The molecule has 0 spiro atoms. The van der Waals surface area contributed by atoms with Crippen LogP contribution in [0.5, 0.6) is 0 Å². The highest BCUT2D eigenvalue weighted by Gasteiger charge is 2.18. The van der Waals surface area contributed by atoms with Gasteiger partial charge in [0.25, 0.3) is 5.56 Å². The Balaban J connectivity index is 2.12. The van der Waals surface area contributed by atoms with Crippen LogP contribution in [0.25, 0.3) is 33.1 Å². The van der Waals surface area contributed by atoms with Gasteiger partial charge in [0.05, 0.1) is 15.9 Å². The van der Waals surface area contributed by atoms with E-state index in [1.54, 1.807) is 35.9 Å². The van der Waals surface area contributed by atoms with Crippen LogP contribution in [0, 0.1) is 0 Å². The van der Waals surface area contributed by atoms with E-state index in [2.05, 4.69) is 15.9 Å². The minimum Gasteiger partial charge on any atom is -0.330 e. The summed E-state index contributed by atoms with van der Waals surface area (Å²) in [6.07, 6.45) is 0. The van der Waals surface area contributed by atoms with Gasteiger partial charge in [-0.05, 0) is 36.4 Å². The van der Waals surface area contributed by atoms with E-state index in [1.165, 1.54) is 0 Å². The Bertz CT molecular complexity index is 1340. The van der Waals surface area contributed by atoms with E-state index in [-0.39, 0.29) is 16.7 Å². The topological polar surface area (TPSA) is 44.0 Å². The number of nitrogens with zero attached hydrogens (tertiary/aromatic N) is 2. The van der Waals surface area contributed by atoms with Crippen molar-refractivity contribution in [1.29, 1.82) is 0 Å². The maximum atomic E-state index is 13.1. The van der Waals surface area contributed by atoms with Gasteiger partial charge in [0.15, 0.2) is 5.78 Å². The number of fused-ring (bicyclic) bond motifs is 3. The third-order valence-electron chi connectivity index (χ3n) is 5.01. The number of alkyl halides is 1. The van der Waals surface area contributed by atoms with Gasteiger partial charge in [-0.25, -0.2) is 0 Å². The van der Waals surface area contributed by atoms with Gasteiger partial charge in [-0.3, -0.25) is 14.2 Å². The molecule has 0 amide bonds. The number of halogens is 3. The second-order valence-electron chi connectivity index (χ2n) is 6.63. The Morgan fingerprint density at radius 2 is 1.71 bits per heavy atom. The van der Waals surface area contributed by atoms with E-state index in [4.69, 9.17) is 23.2 Å². The van der Waals surface area contributed by atoms with Crippen molar-refractivity contribution >= 4 is 66.9 Å². The number of hydrogen-bond acceptors (Lipinski definition) is 2. The van der Waals surface area contributed by atoms with Crippen molar-refractivity contribution in [3.63, 3.8) is 0 Å². The first-order valence-corrected chi connectivity index (χ1v) is 10.4. The van der Waals surface area contributed by atoms with Gasteiger partial charge in [0.1, 0.15) is 5.65 Å². The van der Waals surface area contributed by atoms with Crippen molar-refractivity contribution in [3.05, 3.63) is 68.4 Å². The molecule has 0 fully saturated rings. The van der Waals surface area contributed by atoms with Gasteiger partial charge in [0, 0.05) is 46.6 Å². The number of hydrogen-bond donors (Lipinski definition) is 0. The Morgan fingerprint density at radius 3 is 2.39 bits per heavy atom. The highest BCUT2D eigenvalue weighted by atomic mass is 79.9. The van der Waals surface area contributed by atoms with Crippen molar-refractivity contribution in [2.75, 3.05) is 5.33 Å². The Kier molecular flexibility index (Phi) is 4.86. The molecule has 7 heteroatoms. The van der Waals surface area contributed by atoms with Crippen LogP contribution < -0.4 is 5.56 Å². The molecule has 0 atom stereocenters. The average molecular weight is 478 g/mol. The van der Waals surface area contributed by atoms with Gasteiger partial charge >= 0.3 is 0 Å². The second kappa shape index (κ2) is 7.07. The van der Waals surface area contributed by atoms with Crippen molar-refractivity contribution < 1.29 is 4.79 Å². The molecule has 4 aromatic rings. The summed E-state index contributed by atoms with van der Waals surface area (Å²) in [7, 11) is 3.65. The molecule has 0 aliphatic heterocycles. The summed E-state index contributed by atoms with van der Waals surface area (Å²) < 4.78 is 3.57. The molecule has 4 rings (SSSR count). The lowest BCUT2D eigenvalue weighted by Gasteiger charge is -2.09. The third-order valence-corrected chi connectivity index (χ3v) is 6.07. The summed E-state index contributed by atoms with van der Waals surface area (Å²) in [4.78, 5) is 25.2. The fraction of sp³-hybridized carbons (Fsp3) is 0.143. The number of pyridine rings is 1. The minimum absolute atomic E-state index is 0.00434. The summed E-state index contributed by atoms with van der Waals surface area (Å²) in [5.41, 5.74) is 3.29. The van der Waals surface area contributed by atoms with Gasteiger partial charge in [-0.2, -0.15) is 0 Å². The van der Waals surface area contributed by atoms with Crippen molar-refractivity contribution in [2.45, 2.75) is 0 Å². The van der Waals surface area contributed by atoms with Crippen LogP contribution in [0.2, 0.25) is 10.0 Å². The van der Waals surface area contributed by atoms with Crippen LogP contribution in [-0.2, 0) is 14.1 Å². The number of benzene rings is 2. The zero-order chi connectivity index (χ0) is 20.2. The first kappa shape index (κ1) is 19.2. The van der Waals surface area contributed by atoms with Crippen LogP contribution >= 0.6 is 39.1 Å². The smallest absolute Gasteiger partial charge is 0.259 e. The fourth-order valence-electron chi connectivity index (χ4n) is 3.64. The van der Waals surface area contributed by atoms with E-state index in [9.17, 15) is 9.59 Å². The first-order chi connectivity index (χ1) is 13.3. The zero-order valence-corrected chi connectivity index (χ0v) is 18.2. The van der Waals surface area contributed by atoms with Crippen molar-refractivity contribution in [2.24, 2.45) is 14.1 Å². The molecule has 2 aromatic heterocycles. The number of carbonyl (C=O) groups is 1. The van der Waals surface area contributed by atoms with E-state index < -0.39 is 0 Å². The highest BCUT2D eigenvalue weighted by molar-refractivity contribution is 9.09. The van der Waals surface area contributed by atoms with E-state index in [0.717, 1.165) is 21.9 Å². The van der Waals surface area contributed by atoms with Gasteiger partial charge < -0.3 is 4.57 Å². The predicted molar refractivity (Wildman–Crippen MR) is 119 cm³/mol. The lowest BCUT2D eigenvalue weighted by atomic mass is 10.0. The summed E-state index contributed by atoms with van der Waals surface area (Å²) in [6.45, 7) is 0. The number of carbonyl (C=O) groups excluding carboxylic acids is 1. The molecular weight excluding hydrogens is 463 g/mol. The Labute approximate surface area is 179 Å². The highest BCUT2D eigenvalue weighted by Crippen LogP contribution is 2.33. The van der Waals surface area contributed by atoms with Crippen LogP contribution in [0.3, 0.4) is 0 Å². The number of rotatable bonds is 3. The fourth-order valence-corrected chi connectivity index (χ4v) is 4.48. The summed E-state index contributed by atoms with van der Waals surface area (Å²) >= 11 is 15.6. The lowest BCUT2D eigenvalue weighted by molar-refractivity contribution is 0.102. The standard InChI is InChI=1S/C21H15BrCl2N2O2/c1-25-18-6-3-11(19(27)10-22)7-14(18)15-9-16(21(28)26(2)20(15)25)13-5-4-12(23)8-17(13)24/h3-9H,10H2,1-2H3. The predicted octanol–water partition coefficient (Wildman–Crippen LogP) is 5.58. The third kappa shape index (κ3) is 2.89. The molecule has 0 saturated heterocycles. The van der Waals surface area contributed by atoms with Crippen LogP contribution in [0.1, 0.15) is 10.4 Å². The maximum absolute atomic E-state index is 13.1. The summed E-state index contributed by atoms with van der Waals surface area (Å²) in [5, 5.41) is 2.97. The molecule has 0 radical (unpaired) electrons. The molecular formula is C21H15BrCl2N2O2. The Hall–Kier alpha value is -2.08. The molecule has 2 aromatic carbocycles. The average Bonchev–Trinajstić information content (AvgIpc) is 2.96. The number of aromatic nitrogens is 2. The summed E-state index contributed by atoms with van der Waals surface area (Å²) in [6, 6.07) is 12.5. The molecule has 0 bridgehead atoms. The molecule has 28 heavy (non-hydrogen) atoms. The molecule has 0 aliphatic carbocycles. The van der Waals surface area contributed by atoms with Crippen LogP contribution in [0.15, 0.2) is 47.3 Å². The van der Waals surface area contributed by atoms with Gasteiger partial charge in [0.2, 0.25) is 0 Å². The molecule has 2 heterocycles. The van der Waals surface area contributed by atoms with Crippen LogP contribution in [0.4, 0.5) is 0 Å². The summed E-state index contributed by atoms with van der Waals surface area (Å²) in [5.74, 6) is 0.00434. The molecule has 0 saturated carbocycles. The van der Waals surface area contributed by atoms with Gasteiger partial charge in [-0.1, -0.05) is 45.2 Å². The SMILES string of the molecule is Cn1c(=O)c(-c2ccc(Cl)cc2Cl)cc2c3cc(C(=O)CBr)ccc3n(C)c21. The molecule has 0 unspecified atom stereocenters. The molecule has 4 nitrogen and oxygen atoms in total. The second-order valence-corrected chi connectivity index (χ2v) is 8.04. The molecule has 0 N–H and O–H groups in total. The maximum Gasteiger partial charge on any atom is 0.259 e. The van der Waals surface area contributed by atoms with Crippen LogP contribution in [-0.4, -0.2) is 20.2 Å². The number of ketones is 1. The van der Waals surface area contributed by atoms with Crippen molar-refractivity contribution in [3.8, 4) is 11.1 Å². The normalized spacial score (nSPS) is 11.5. The number of aryl methyl sites for hydroxylation is 2. The number of Topliss-reactive ketones (excluding diaryl/α,β-unsaturated/α-hetero) is 1. The molecule has 142 valence electrons. The monoisotopic (exact) mass is 476 g/mol. The Morgan fingerprint density at radius 1 is 0.964 bits per heavy atom. The first-order valence-electron chi connectivity index (χ1n) is 8.50. The van der Waals surface area contributed by atoms with E-state index in [0.29, 0.717) is 26.7 Å². The van der Waals surface area contributed by atoms with E-state index in [1.807, 2.05) is 29.8 Å².